The Hall–Kier alpha value is -1.02. The molecule has 1 saturated carbocycles. The molecule has 0 bridgehead atoms. The van der Waals surface area contributed by atoms with Gasteiger partial charge in [0.1, 0.15) is 6.61 Å². The van der Waals surface area contributed by atoms with Crippen LogP contribution in [-0.4, -0.2) is 18.4 Å². The number of nitriles is 1. The van der Waals surface area contributed by atoms with Crippen LogP contribution in [0.2, 0.25) is 0 Å². The summed E-state index contributed by atoms with van der Waals surface area (Å²) in [5.74, 6) is -0.175. The average Bonchev–Trinajstić information content (AvgIpc) is 2.76. The number of halogens is 3. The van der Waals surface area contributed by atoms with Gasteiger partial charge < -0.3 is 4.74 Å². The molecule has 0 aromatic carbocycles. The van der Waals surface area contributed by atoms with Crippen LogP contribution in [-0.2, 0) is 4.74 Å². The Bertz CT molecular complexity index is 344. The second-order valence-corrected chi connectivity index (χ2v) is 4.20. The SMILES string of the molecule is C[C@]1(OCC(F)(F)F)C=C[C@H]2[C@H](C#N)[C@H]21. The first-order valence-corrected chi connectivity index (χ1v) is 4.67. The third kappa shape index (κ3) is 1.74. The van der Waals surface area contributed by atoms with Crippen molar-refractivity contribution >= 4 is 0 Å². The van der Waals surface area contributed by atoms with E-state index in [1.165, 1.54) is 0 Å². The molecule has 0 saturated heterocycles. The van der Waals surface area contributed by atoms with Crippen molar-refractivity contribution in [1.82, 2.24) is 0 Å². The molecule has 0 aromatic heterocycles. The Morgan fingerprint density at radius 1 is 1.53 bits per heavy atom. The molecule has 2 aliphatic carbocycles. The number of hydrogen-bond acceptors (Lipinski definition) is 2. The average molecular weight is 217 g/mol. The number of alkyl halides is 3. The molecular formula is C10H10F3NO. The molecular weight excluding hydrogens is 207 g/mol. The lowest BCUT2D eigenvalue weighted by atomic mass is 10.0. The van der Waals surface area contributed by atoms with Crippen molar-refractivity contribution in [2.45, 2.75) is 18.7 Å². The molecule has 15 heavy (non-hydrogen) atoms. The lowest BCUT2D eigenvalue weighted by Gasteiger charge is -2.25. The Labute approximate surface area is 85.3 Å². The molecule has 0 spiro atoms. The number of fused-ring (bicyclic) bond motifs is 1. The van der Waals surface area contributed by atoms with Gasteiger partial charge in [0.15, 0.2) is 0 Å². The number of rotatable bonds is 2. The lowest BCUT2D eigenvalue weighted by molar-refractivity contribution is -0.197. The number of nitrogens with zero attached hydrogens (tertiary/aromatic N) is 1. The Morgan fingerprint density at radius 2 is 2.20 bits per heavy atom. The molecule has 0 heterocycles. The van der Waals surface area contributed by atoms with E-state index in [1.807, 2.05) is 0 Å². The zero-order valence-corrected chi connectivity index (χ0v) is 8.08. The summed E-state index contributed by atoms with van der Waals surface area (Å²) in [5.41, 5.74) is -0.916. The largest absolute Gasteiger partial charge is 0.411 e. The predicted octanol–water partition coefficient (Wildman–Crippen LogP) is 2.28. The van der Waals surface area contributed by atoms with Crippen LogP contribution in [0, 0.1) is 29.1 Å². The molecule has 0 amide bonds. The first-order chi connectivity index (χ1) is 6.87. The summed E-state index contributed by atoms with van der Waals surface area (Å²) in [5, 5.41) is 8.71. The molecule has 4 atom stereocenters. The van der Waals surface area contributed by atoms with Crippen molar-refractivity contribution in [3.63, 3.8) is 0 Å². The molecule has 0 unspecified atom stereocenters. The third-order valence-electron chi connectivity index (χ3n) is 3.08. The molecule has 0 aliphatic heterocycles. The van der Waals surface area contributed by atoms with Gasteiger partial charge in [0.05, 0.1) is 17.6 Å². The van der Waals surface area contributed by atoms with Gasteiger partial charge in [-0.3, -0.25) is 0 Å². The highest BCUT2D eigenvalue weighted by Gasteiger charge is 2.62. The van der Waals surface area contributed by atoms with Gasteiger partial charge in [-0.2, -0.15) is 18.4 Å². The smallest absolute Gasteiger partial charge is 0.361 e. The summed E-state index contributed by atoms with van der Waals surface area (Å²) in [4.78, 5) is 0. The van der Waals surface area contributed by atoms with E-state index in [1.54, 1.807) is 19.1 Å². The summed E-state index contributed by atoms with van der Waals surface area (Å²) in [6.07, 6.45) is -0.886. The highest BCUT2D eigenvalue weighted by atomic mass is 19.4. The minimum absolute atomic E-state index is 0.0910. The second-order valence-electron chi connectivity index (χ2n) is 4.20. The fourth-order valence-corrected chi connectivity index (χ4v) is 2.27. The van der Waals surface area contributed by atoms with E-state index >= 15 is 0 Å². The van der Waals surface area contributed by atoms with Crippen LogP contribution in [0.3, 0.4) is 0 Å². The first-order valence-electron chi connectivity index (χ1n) is 4.67. The minimum Gasteiger partial charge on any atom is -0.361 e. The number of allylic oxidation sites excluding steroid dienone is 1. The maximum Gasteiger partial charge on any atom is 0.411 e. The Kier molecular flexibility index (Phi) is 2.09. The molecule has 0 radical (unpaired) electrons. The van der Waals surface area contributed by atoms with E-state index in [-0.39, 0.29) is 17.8 Å². The molecule has 2 rings (SSSR count). The molecule has 0 aromatic rings. The maximum atomic E-state index is 12.0. The van der Waals surface area contributed by atoms with Gasteiger partial charge in [0, 0.05) is 11.8 Å². The number of hydrogen-bond donors (Lipinski definition) is 0. The van der Waals surface area contributed by atoms with Crippen LogP contribution < -0.4 is 0 Å². The lowest BCUT2D eigenvalue weighted by Crippen LogP contribution is -2.33. The second kappa shape index (κ2) is 2.99. The van der Waals surface area contributed by atoms with Crippen molar-refractivity contribution in [2.24, 2.45) is 17.8 Å². The van der Waals surface area contributed by atoms with E-state index in [0.29, 0.717) is 0 Å². The van der Waals surface area contributed by atoms with E-state index < -0.39 is 18.4 Å². The van der Waals surface area contributed by atoms with Crippen molar-refractivity contribution in [3.8, 4) is 6.07 Å². The van der Waals surface area contributed by atoms with Gasteiger partial charge in [0.2, 0.25) is 0 Å². The van der Waals surface area contributed by atoms with Crippen LogP contribution in [0.4, 0.5) is 13.2 Å². The van der Waals surface area contributed by atoms with E-state index in [4.69, 9.17) is 10.00 Å². The van der Waals surface area contributed by atoms with Gasteiger partial charge in [-0.15, -0.1) is 0 Å². The van der Waals surface area contributed by atoms with Crippen molar-refractivity contribution in [1.29, 1.82) is 5.26 Å². The quantitative estimate of drug-likeness (QED) is 0.665. The molecule has 82 valence electrons. The molecule has 2 aliphatic rings. The van der Waals surface area contributed by atoms with Crippen LogP contribution in [0.15, 0.2) is 12.2 Å². The summed E-state index contributed by atoms with van der Waals surface area (Å²) in [6.45, 7) is 0.354. The topological polar surface area (TPSA) is 33.0 Å². The highest BCUT2D eigenvalue weighted by Crippen LogP contribution is 2.59. The van der Waals surface area contributed by atoms with Gasteiger partial charge in [-0.25, -0.2) is 0 Å². The molecule has 5 heteroatoms. The summed E-state index contributed by atoms with van der Waals surface area (Å²) in [7, 11) is 0. The number of ether oxygens (including phenoxy) is 1. The van der Waals surface area contributed by atoms with Crippen LogP contribution in [0.5, 0.6) is 0 Å². The minimum atomic E-state index is -4.31. The Balaban J connectivity index is 1.99. The van der Waals surface area contributed by atoms with Crippen LogP contribution >= 0.6 is 0 Å². The van der Waals surface area contributed by atoms with Crippen molar-refractivity contribution < 1.29 is 17.9 Å². The van der Waals surface area contributed by atoms with Crippen LogP contribution in [0.1, 0.15) is 6.92 Å². The zero-order chi connectivity index (χ0) is 11.3. The van der Waals surface area contributed by atoms with E-state index in [2.05, 4.69) is 6.07 Å². The van der Waals surface area contributed by atoms with Crippen molar-refractivity contribution in [3.05, 3.63) is 12.2 Å². The fraction of sp³-hybridized carbons (Fsp3) is 0.700. The van der Waals surface area contributed by atoms with Gasteiger partial charge in [-0.05, 0) is 6.92 Å². The summed E-state index contributed by atoms with van der Waals surface area (Å²) in [6, 6.07) is 2.08. The van der Waals surface area contributed by atoms with E-state index in [9.17, 15) is 13.2 Å². The third-order valence-corrected chi connectivity index (χ3v) is 3.08. The molecule has 2 nitrogen and oxygen atoms in total. The van der Waals surface area contributed by atoms with Crippen molar-refractivity contribution in [2.75, 3.05) is 6.61 Å². The predicted molar refractivity (Wildman–Crippen MR) is 45.6 cm³/mol. The van der Waals surface area contributed by atoms with Gasteiger partial charge >= 0.3 is 6.18 Å². The fourth-order valence-electron chi connectivity index (χ4n) is 2.27. The maximum absolute atomic E-state index is 12.0. The Morgan fingerprint density at radius 3 is 2.67 bits per heavy atom. The van der Waals surface area contributed by atoms with Gasteiger partial charge in [0.25, 0.3) is 0 Å². The van der Waals surface area contributed by atoms with E-state index in [0.717, 1.165) is 0 Å². The standard InChI is InChI=1S/C10H10F3NO/c1-9(15-5-10(11,12)13)3-2-6-7(4-14)8(6)9/h2-3,6-8H,5H2,1H3/t6-,7-,8-,9-/m0/s1. The normalized spacial score (nSPS) is 42.5. The monoisotopic (exact) mass is 217 g/mol. The summed E-state index contributed by atoms with van der Waals surface area (Å²) >= 11 is 0. The summed E-state index contributed by atoms with van der Waals surface area (Å²) < 4.78 is 40.8. The zero-order valence-electron chi connectivity index (χ0n) is 8.08. The van der Waals surface area contributed by atoms with Gasteiger partial charge in [-0.1, -0.05) is 12.2 Å². The molecule has 0 N–H and O–H groups in total. The first kappa shape index (κ1) is 10.5. The highest BCUT2D eigenvalue weighted by molar-refractivity contribution is 5.32. The molecule has 1 fully saturated rings. The van der Waals surface area contributed by atoms with Crippen LogP contribution in [0.25, 0.3) is 0 Å².